The van der Waals surface area contributed by atoms with Gasteiger partial charge in [0.05, 0.1) is 36.6 Å². The minimum atomic E-state index is -3.52. The molecule has 0 aliphatic heterocycles. The van der Waals surface area contributed by atoms with Gasteiger partial charge >= 0.3 is 0 Å². The first-order chi connectivity index (χ1) is 15.2. The quantitative estimate of drug-likeness (QED) is 0.393. The number of halogens is 1. The highest BCUT2D eigenvalue weighted by molar-refractivity contribution is 7.92. The summed E-state index contributed by atoms with van der Waals surface area (Å²) in [4.78, 5) is 8.71. The van der Waals surface area contributed by atoms with Crippen molar-refractivity contribution in [3.8, 4) is 5.75 Å². The highest BCUT2D eigenvalue weighted by Gasteiger charge is 2.14. The average Bonchev–Trinajstić information content (AvgIpc) is 3.07. The minimum absolute atomic E-state index is 0.271. The molecule has 0 amide bonds. The van der Waals surface area contributed by atoms with Crippen LogP contribution in [0.3, 0.4) is 0 Å². The van der Waals surface area contributed by atoms with Crippen LogP contribution in [-0.2, 0) is 16.6 Å². The summed E-state index contributed by atoms with van der Waals surface area (Å²) in [6.07, 6.45) is 4.58. The van der Waals surface area contributed by atoms with Crippen molar-refractivity contribution in [1.82, 2.24) is 19.7 Å². The van der Waals surface area contributed by atoms with Crippen LogP contribution >= 0.6 is 11.6 Å². The fraction of sp³-hybridized carbons (Fsp3) is 0.350. The standard InChI is InChI=1S/C20H26ClN7O3S/c1-5-6-9-28-18(10-13(2)26-28)24-20-22-12-15(21)19(25-20)23-16-8-7-14(31-3)11-17(16)27-32(4,29)30/h7-8,10-12,27H,5-6,9H2,1-4H3,(H2,22,23,24,25). The molecule has 0 atom stereocenters. The van der Waals surface area contributed by atoms with Gasteiger partial charge in [0.1, 0.15) is 16.6 Å². The Labute approximate surface area is 192 Å². The van der Waals surface area contributed by atoms with Crippen LogP contribution in [-0.4, -0.2) is 41.5 Å². The molecule has 0 spiro atoms. The predicted molar refractivity (Wildman–Crippen MR) is 127 cm³/mol. The van der Waals surface area contributed by atoms with Crippen molar-refractivity contribution in [2.24, 2.45) is 0 Å². The maximum absolute atomic E-state index is 11.8. The first kappa shape index (κ1) is 23.6. The highest BCUT2D eigenvalue weighted by atomic mass is 35.5. The third-order valence-corrected chi connectivity index (χ3v) is 5.25. The van der Waals surface area contributed by atoms with Crippen molar-refractivity contribution < 1.29 is 13.2 Å². The number of ether oxygens (including phenoxy) is 1. The molecule has 12 heteroatoms. The number of nitrogens with zero attached hydrogens (tertiary/aromatic N) is 4. The van der Waals surface area contributed by atoms with E-state index in [-0.39, 0.29) is 5.02 Å². The summed E-state index contributed by atoms with van der Waals surface area (Å²) in [6.45, 7) is 4.82. The number of unbranched alkanes of at least 4 members (excludes halogenated alkanes) is 1. The van der Waals surface area contributed by atoms with E-state index in [9.17, 15) is 8.42 Å². The second-order valence-electron chi connectivity index (χ2n) is 7.17. The maximum Gasteiger partial charge on any atom is 0.230 e. The van der Waals surface area contributed by atoms with Gasteiger partial charge in [-0.1, -0.05) is 24.9 Å². The SMILES string of the molecule is CCCCn1nc(C)cc1Nc1ncc(Cl)c(Nc2ccc(OC)cc2NS(C)(=O)=O)n1. The smallest absolute Gasteiger partial charge is 0.230 e. The highest BCUT2D eigenvalue weighted by Crippen LogP contribution is 2.32. The number of rotatable bonds is 10. The Morgan fingerprint density at radius 3 is 2.66 bits per heavy atom. The molecule has 3 rings (SSSR count). The van der Waals surface area contributed by atoms with E-state index in [0.717, 1.165) is 37.2 Å². The number of nitrogens with one attached hydrogen (secondary N) is 3. The molecule has 0 radical (unpaired) electrons. The summed E-state index contributed by atoms with van der Waals surface area (Å²) in [7, 11) is -2.02. The van der Waals surface area contributed by atoms with Gasteiger partial charge in [0.25, 0.3) is 0 Å². The maximum atomic E-state index is 11.8. The van der Waals surface area contributed by atoms with Crippen molar-refractivity contribution in [1.29, 1.82) is 0 Å². The van der Waals surface area contributed by atoms with E-state index in [0.29, 0.717) is 28.9 Å². The summed E-state index contributed by atoms with van der Waals surface area (Å²) in [5.74, 6) is 1.89. The molecule has 10 nitrogen and oxygen atoms in total. The van der Waals surface area contributed by atoms with Crippen LogP contribution < -0.4 is 20.1 Å². The molecule has 172 valence electrons. The molecule has 0 saturated heterocycles. The van der Waals surface area contributed by atoms with Crippen LogP contribution in [0.1, 0.15) is 25.5 Å². The van der Waals surface area contributed by atoms with Gasteiger partial charge in [0.2, 0.25) is 16.0 Å². The second-order valence-corrected chi connectivity index (χ2v) is 9.33. The van der Waals surface area contributed by atoms with E-state index in [1.54, 1.807) is 18.2 Å². The van der Waals surface area contributed by atoms with E-state index < -0.39 is 10.0 Å². The van der Waals surface area contributed by atoms with Gasteiger partial charge in [-0.2, -0.15) is 10.1 Å². The molecule has 0 bridgehead atoms. The Morgan fingerprint density at radius 2 is 1.97 bits per heavy atom. The van der Waals surface area contributed by atoms with Gasteiger partial charge in [0, 0.05) is 18.7 Å². The molecule has 3 aromatic rings. The second kappa shape index (κ2) is 10.0. The summed E-state index contributed by atoms with van der Waals surface area (Å²) < 4.78 is 33.1. The summed E-state index contributed by atoms with van der Waals surface area (Å²) in [5.41, 5.74) is 1.63. The van der Waals surface area contributed by atoms with Crippen LogP contribution in [0.2, 0.25) is 5.02 Å². The van der Waals surface area contributed by atoms with E-state index in [1.165, 1.54) is 13.3 Å². The van der Waals surface area contributed by atoms with Gasteiger partial charge < -0.3 is 15.4 Å². The van der Waals surface area contributed by atoms with Crippen LogP contribution in [0.25, 0.3) is 0 Å². The molecule has 0 unspecified atom stereocenters. The lowest BCUT2D eigenvalue weighted by atomic mass is 10.2. The molecule has 0 fully saturated rings. The molecular formula is C20H26ClN7O3S. The molecule has 2 aromatic heterocycles. The monoisotopic (exact) mass is 479 g/mol. The lowest BCUT2D eigenvalue weighted by molar-refractivity contribution is 0.415. The van der Waals surface area contributed by atoms with Crippen molar-refractivity contribution in [2.45, 2.75) is 33.2 Å². The summed E-state index contributed by atoms with van der Waals surface area (Å²) in [6, 6.07) is 6.84. The number of hydrogen-bond acceptors (Lipinski definition) is 8. The topological polar surface area (TPSA) is 123 Å². The Bertz CT molecular complexity index is 1200. The lowest BCUT2D eigenvalue weighted by Crippen LogP contribution is -2.12. The Balaban J connectivity index is 1.89. The zero-order chi connectivity index (χ0) is 23.3. The summed E-state index contributed by atoms with van der Waals surface area (Å²) in [5, 5.41) is 11.0. The van der Waals surface area contributed by atoms with Gasteiger partial charge in [-0.15, -0.1) is 0 Å². The normalized spacial score (nSPS) is 11.3. The molecule has 0 aliphatic carbocycles. The minimum Gasteiger partial charge on any atom is -0.497 e. The predicted octanol–water partition coefficient (Wildman–Crippen LogP) is 4.30. The number of benzene rings is 1. The number of sulfonamides is 1. The van der Waals surface area contributed by atoms with Crippen LogP contribution in [0.4, 0.5) is 29.0 Å². The number of hydrogen-bond donors (Lipinski definition) is 3. The number of anilines is 5. The Morgan fingerprint density at radius 1 is 1.19 bits per heavy atom. The van der Waals surface area contributed by atoms with E-state index in [4.69, 9.17) is 16.3 Å². The van der Waals surface area contributed by atoms with Crippen molar-refractivity contribution in [2.75, 3.05) is 28.7 Å². The van der Waals surface area contributed by atoms with E-state index in [2.05, 4.69) is 37.3 Å². The molecule has 2 heterocycles. The first-order valence-corrected chi connectivity index (χ1v) is 12.2. The first-order valence-electron chi connectivity index (χ1n) is 9.95. The van der Waals surface area contributed by atoms with Crippen molar-refractivity contribution >= 4 is 50.6 Å². The molecule has 3 N–H and O–H groups in total. The Hall–Kier alpha value is -3.05. The van der Waals surface area contributed by atoms with E-state index >= 15 is 0 Å². The molecular weight excluding hydrogens is 454 g/mol. The van der Waals surface area contributed by atoms with Crippen LogP contribution in [0.5, 0.6) is 5.75 Å². The largest absolute Gasteiger partial charge is 0.497 e. The molecule has 0 aliphatic rings. The number of methoxy groups -OCH3 is 1. The third kappa shape index (κ3) is 6.24. The van der Waals surface area contributed by atoms with Crippen molar-refractivity contribution in [3.63, 3.8) is 0 Å². The zero-order valence-corrected chi connectivity index (χ0v) is 19.9. The molecule has 1 aromatic carbocycles. The fourth-order valence-electron chi connectivity index (χ4n) is 2.93. The van der Waals surface area contributed by atoms with Gasteiger partial charge in [0.15, 0.2) is 5.82 Å². The number of aryl methyl sites for hydroxylation is 2. The average molecular weight is 480 g/mol. The van der Waals surface area contributed by atoms with Gasteiger partial charge in [-0.05, 0) is 25.5 Å². The van der Waals surface area contributed by atoms with Crippen molar-refractivity contribution in [3.05, 3.63) is 41.2 Å². The Kier molecular flexibility index (Phi) is 7.41. The molecule has 0 saturated carbocycles. The van der Waals surface area contributed by atoms with Crippen LogP contribution in [0.15, 0.2) is 30.5 Å². The third-order valence-electron chi connectivity index (χ3n) is 4.38. The molecule has 32 heavy (non-hydrogen) atoms. The number of aromatic nitrogens is 4. The van der Waals surface area contributed by atoms with Gasteiger partial charge in [-0.3, -0.25) is 4.72 Å². The fourth-order valence-corrected chi connectivity index (χ4v) is 3.63. The van der Waals surface area contributed by atoms with Gasteiger partial charge in [-0.25, -0.2) is 18.1 Å². The lowest BCUT2D eigenvalue weighted by Gasteiger charge is -2.15. The zero-order valence-electron chi connectivity index (χ0n) is 18.3. The summed E-state index contributed by atoms with van der Waals surface area (Å²) >= 11 is 6.30. The van der Waals surface area contributed by atoms with E-state index in [1.807, 2.05) is 17.7 Å². The van der Waals surface area contributed by atoms with Crippen LogP contribution in [0, 0.1) is 6.92 Å².